The summed E-state index contributed by atoms with van der Waals surface area (Å²) < 4.78 is 5.26. The van der Waals surface area contributed by atoms with Crippen LogP contribution in [0.4, 0.5) is 10.5 Å². The zero-order valence-corrected chi connectivity index (χ0v) is 15.0. The molecular weight excluding hydrogens is 308 g/mol. The Morgan fingerprint density at radius 2 is 1.79 bits per heavy atom. The minimum Gasteiger partial charge on any atom is -0.444 e. The molecule has 0 unspecified atom stereocenters. The number of rotatable bonds is 2. The zero-order valence-electron chi connectivity index (χ0n) is 15.0. The van der Waals surface area contributed by atoms with Gasteiger partial charge in [0.2, 0.25) is 0 Å². The predicted molar refractivity (Wildman–Crippen MR) is 91.1 cm³/mol. The highest BCUT2D eigenvalue weighted by atomic mass is 16.6. The van der Waals surface area contributed by atoms with Gasteiger partial charge < -0.3 is 9.64 Å². The average molecular weight is 332 g/mol. The Labute approximate surface area is 142 Å². The molecule has 1 heterocycles. The van der Waals surface area contributed by atoms with E-state index >= 15 is 0 Å². The number of ketones is 1. The average Bonchev–Trinajstić information content (AvgIpc) is 2.47. The number of nitrogens with zero attached hydrogens (tertiary/aromatic N) is 1. The quantitative estimate of drug-likeness (QED) is 0.845. The van der Waals surface area contributed by atoms with Gasteiger partial charge in [-0.15, -0.1) is 0 Å². The van der Waals surface area contributed by atoms with Crippen molar-refractivity contribution in [1.82, 2.24) is 5.32 Å². The summed E-state index contributed by atoms with van der Waals surface area (Å²) in [6, 6.07) is 6.87. The summed E-state index contributed by atoms with van der Waals surface area (Å²) in [5.74, 6) is -1.32. The SMILES string of the molecule is CC(C)[C@@]1(NC(=O)OC(C)(C)C)C(=O)c2ccccc2N(C)C1=O. The maximum absolute atomic E-state index is 13.1. The Kier molecular flexibility index (Phi) is 4.44. The number of para-hydroxylation sites is 1. The smallest absolute Gasteiger partial charge is 0.408 e. The molecule has 1 aromatic rings. The van der Waals surface area contributed by atoms with Crippen LogP contribution in [-0.4, -0.2) is 36.0 Å². The van der Waals surface area contributed by atoms with E-state index < -0.39 is 34.8 Å². The highest BCUT2D eigenvalue weighted by molar-refractivity contribution is 6.29. The van der Waals surface area contributed by atoms with E-state index in [2.05, 4.69) is 5.32 Å². The van der Waals surface area contributed by atoms with Gasteiger partial charge in [-0.3, -0.25) is 14.9 Å². The van der Waals surface area contributed by atoms with Crippen molar-refractivity contribution in [3.05, 3.63) is 29.8 Å². The number of amides is 2. The molecule has 0 saturated heterocycles. The topological polar surface area (TPSA) is 75.7 Å². The van der Waals surface area contributed by atoms with Crippen LogP contribution in [0.1, 0.15) is 45.0 Å². The van der Waals surface area contributed by atoms with Crippen LogP contribution in [0.15, 0.2) is 24.3 Å². The molecule has 2 amide bonds. The second-order valence-electron chi connectivity index (χ2n) is 7.30. The number of hydrogen-bond acceptors (Lipinski definition) is 4. The zero-order chi connectivity index (χ0) is 18.3. The van der Waals surface area contributed by atoms with E-state index in [0.717, 1.165) is 0 Å². The number of hydrogen-bond donors (Lipinski definition) is 1. The first kappa shape index (κ1) is 18.0. The molecule has 130 valence electrons. The Bertz CT molecular complexity index is 691. The first-order chi connectivity index (χ1) is 11.0. The van der Waals surface area contributed by atoms with Crippen LogP contribution >= 0.6 is 0 Å². The van der Waals surface area contributed by atoms with Crippen molar-refractivity contribution in [3.8, 4) is 0 Å². The molecule has 0 saturated carbocycles. The molecule has 1 atom stereocenters. The molecule has 24 heavy (non-hydrogen) atoms. The molecule has 0 radical (unpaired) electrons. The van der Waals surface area contributed by atoms with E-state index in [1.165, 1.54) is 4.90 Å². The number of carbonyl (C=O) groups is 3. The molecule has 1 aliphatic rings. The van der Waals surface area contributed by atoms with Gasteiger partial charge in [0.1, 0.15) is 5.60 Å². The third-order valence-corrected chi connectivity index (χ3v) is 4.07. The predicted octanol–water partition coefficient (Wildman–Crippen LogP) is 2.77. The van der Waals surface area contributed by atoms with Crippen molar-refractivity contribution in [2.75, 3.05) is 11.9 Å². The lowest BCUT2D eigenvalue weighted by molar-refractivity contribution is -0.124. The van der Waals surface area contributed by atoms with Gasteiger partial charge in [-0.1, -0.05) is 26.0 Å². The first-order valence-corrected chi connectivity index (χ1v) is 7.94. The van der Waals surface area contributed by atoms with Crippen LogP contribution in [0.2, 0.25) is 0 Å². The number of likely N-dealkylation sites (N-methyl/N-ethyl adjacent to an activating group) is 1. The molecule has 1 aliphatic heterocycles. The maximum Gasteiger partial charge on any atom is 0.408 e. The monoisotopic (exact) mass is 332 g/mol. The molecule has 2 rings (SSSR count). The molecular formula is C18H24N2O4. The number of ether oxygens (including phenoxy) is 1. The molecule has 6 nitrogen and oxygen atoms in total. The largest absolute Gasteiger partial charge is 0.444 e. The Morgan fingerprint density at radius 3 is 2.33 bits per heavy atom. The number of Topliss-reactive ketones (excluding diaryl/α,β-unsaturated/α-hetero) is 1. The Hall–Kier alpha value is -2.37. The van der Waals surface area contributed by atoms with E-state index in [1.54, 1.807) is 65.9 Å². The fraction of sp³-hybridized carbons (Fsp3) is 0.500. The minimum atomic E-state index is -1.68. The van der Waals surface area contributed by atoms with Gasteiger partial charge in [0.25, 0.3) is 5.91 Å². The van der Waals surface area contributed by atoms with Crippen LogP contribution in [0.3, 0.4) is 0 Å². The maximum atomic E-state index is 13.1. The first-order valence-electron chi connectivity index (χ1n) is 7.94. The highest BCUT2D eigenvalue weighted by Crippen LogP contribution is 2.36. The summed E-state index contributed by atoms with van der Waals surface area (Å²) in [7, 11) is 1.60. The molecule has 0 aliphatic carbocycles. The fourth-order valence-electron chi connectivity index (χ4n) is 2.87. The van der Waals surface area contributed by atoms with Crippen LogP contribution in [0.25, 0.3) is 0 Å². The van der Waals surface area contributed by atoms with Crippen molar-refractivity contribution in [2.24, 2.45) is 5.92 Å². The number of fused-ring (bicyclic) bond motifs is 1. The van der Waals surface area contributed by atoms with Crippen molar-refractivity contribution < 1.29 is 19.1 Å². The van der Waals surface area contributed by atoms with Crippen LogP contribution in [-0.2, 0) is 9.53 Å². The molecule has 1 aromatic carbocycles. The number of carbonyl (C=O) groups excluding carboxylic acids is 3. The van der Waals surface area contributed by atoms with Crippen molar-refractivity contribution in [3.63, 3.8) is 0 Å². The Morgan fingerprint density at radius 1 is 1.21 bits per heavy atom. The molecule has 0 bridgehead atoms. The summed E-state index contributed by atoms with van der Waals surface area (Å²) in [6.07, 6.45) is -0.786. The van der Waals surface area contributed by atoms with Gasteiger partial charge in [-0.25, -0.2) is 4.79 Å². The summed E-state index contributed by atoms with van der Waals surface area (Å²) in [4.78, 5) is 39.8. The van der Waals surface area contributed by atoms with Crippen LogP contribution in [0.5, 0.6) is 0 Å². The van der Waals surface area contributed by atoms with Crippen molar-refractivity contribution in [1.29, 1.82) is 0 Å². The summed E-state index contributed by atoms with van der Waals surface area (Å²) >= 11 is 0. The van der Waals surface area contributed by atoms with E-state index in [4.69, 9.17) is 4.74 Å². The van der Waals surface area contributed by atoms with Crippen molar-refractivity contribution in [2.45, 2.75) is 45.8 Å². The van der Waals surface area contributed by atoms with Gasteiger partial charge in [0, 0.05) is 12.6 Å². The second-order valence-corrected chi connectivity index (χ2v) is 7.30. The molecule has 0 aromatic heterocycles. The number of alkyl carbamates (subject to hydrolysis) is 1. The lowest BCUT2D eigenvalue weighted by Gasteiger charge is -2.42. The fourth-order valence-corrected chi connectivity index (χ4v) is 2.87. The lowest BCUT2D eigenvalue weighted by Crippen LogP contribution is -2.69. The van der Waals surface area contributed by atoms with E-state index in [-0.39, 0.29) is 0 Å². The molecule has 1 N–H and O–H groups in total. The molecule has 6 heteroatoms. The highest BCUT2D eigenvalue weighted by Gasteiger charge is 2.55. The van der Waals surface area contributed by atoms with Crippen molar-refractivity contribution >= 4 is 23.5 Å². The summed E-state index contributed by atoms with van der Waals surface area (Å²) in [5, 5.41) is 2.56. The normalized spacial score (nSPS) is 20.9. The molecule has 0 spiro atoms. The van der Waals surface area contributed by atoms with Gasteiger partial charge in [0.15, 0.2) is 11.3 Å². The van der Waals surface area contributed by atoms with Gasteiger partial charge in [0.05, 0.1) is 5.69 Å². The van der Waals surface area contributed by atoms with E-state index in [9.17, 15) is 14.4 Å². The molecule has 0 fully saturated rings. The van der Waals surface area contributed by atoms with Gasteiger partial charge in [-0.05, 0) is 38.8 Å². The van der Waals surface area contributed by atoms with E-state index in [1.807, 2.05) is 0 Å². The third-order valence-electron chi connectivity index (χ3n) is 4.07. The number of anilines is 1. The van der Waals surface area contributed by atoms with Crippen LogP contribution < -0.4 is 10.2 Å². The summed E-state index contributed by atoms with van der Waals surface area (Å²) in [5.41, 5.74) is -1.46. The second kappa shape index (κ2) is 5.92. The minimum absolute atomic E-state index is 0.407. The standard InChI is InChI=1S/C18H24N2O4/c1-11(2)18(19-16(23)24-17(3,4)5)14(21)12-9-7-8-10-13(12)20(6)15(18)22/h7-11H,1-6H3,(H,19,23)/t18-/m1/s1. The van der Waals surface area contributed by atoms with Crippen LogP contribution in [0, 0.1) is 5.92 Å². The van der Waals surface area contributed by atoms with Gasteiger partial charge in [-0.2, -0.15) is 0 Å². The van der Waals surface area contributed by atoms with Gasteiger partial charge >= 0.3 is 6.09 Å². The number of benzene rings is 1. The summed E-state index contributed by atoms with van der Waals surface area (Å²) in [6.45, 7) is 8.63. The Balaban J connectivity index is 2.51. The lowest BCUT2D eigenvalue weighted by atomic mass is 9.75. The third kappa shape index (κ3) is 2.88. The van der Waals surface area contributed by atoms with E-state index in [0.29, 0.717) is 11.3 Å². The number of nitrogens with one attached hydrogen (secondary N) is 1.